The van der Waals surface area contributed by atoms with Gasteiger partial charge in [-0.2, -0.15) is 0 Å². The summed E-state index contributed by atoms with van der Waals surface area (Å²) >= 11 is 0. The van der Waals surface area contributed by atoms with Gasteiger partial charge in [0.15, 0.2) is 0 Å². The standard InChI is InChI=1S/C9H17NO/c11-9(5-1-2-6-9)8-4-3-7-10-8/h8,10-11H,1-7H2/t8-/m0/s1. The molecule has 2 N–H and O–H groups in total. The molecule has 0 spiro atoms. The third kappa shape index (κ3) is 1.30. The summed E-state index contributed by atoms with van der Waals surface area (Å²) < 4.78 is 0. The van der Waals surface area contributed by atoms with E-state index >= 15 is 0 Å². The molecule has 1 atom stereocenters. The van der Waals surface area contributed by atoms with Gasteiger partial charge >= 0.3 is 0 Å². The van der Waals surface area contributed by atoms with Gasteiger partial charge in [0.1, 0.15) is 0 Å². The molecule has 1 saturated heterocycles. The fraction of sp³-hybridized carbons (Fsp3) is 1.00. The molecule has 1 aliphatic carbocycles. The lowest BCUT2D eigenvalue weighted by atomic mass is 9.91. The fourth-order valence-electron chi connectivity index (χ4n) is 2.48. The van der Waals surface area contributed by atoms with Crippen LogP contribution in [0.4, 0.5) is 0 Å². The van der Waals surface area contributed by atoms with Gasteiger partial charge in [-0.15, -0.1) is 0 Å². The van der Waals surface area contributed by atoms with Gasteiger partial charge in [0, 0.05) is 6.04 Å². The lowest BCUT2D eigenvalue weighted by Crippen LogP contribution is -2.45. The van der Waals surface area contributed by atoms with Gasteiger partial charge in [-0.1, -0.05) is 12.8 Å². The van der Waals surface area contributed by atoms with E-state index in [1.165, 1.54) is 25.7 Å². The van der Waals surface area contributed by atoms with Gasteiger partial charge in [-0.25, -0.2) is 0 Å². The van der Waals surface area contributed by atoms with E-state index in [4.69, 9.17) is 0 Å². The summed E-state index contributed by atoms with van der Waals surface area (Å²) in [6, 6.07) is 0.407. The fourth-order valence-corrected chi connectivity index (χ4v) is 2.48. The van der Waals surface area contributed by atoms with Crippen LogP contribution in [0.15, 0.2) is 0 Å². The summed E-state index contributed by atoms with van der Waals surface area (Å²) in [7, 11) is 0. The Balaban J connectivity index is 2.00. The molecule has 0 radical (unpaired) electrons. The van der Waals surface area contributed by atoms with Crippen molar-refractivity contribution in [1.29, 1.82) is 0 Å². The first-order valence-corrected chi connectivity index (χ1v) is 4.77. The summed E-state index contributed by atoms with van der Waals surface area (Å²) in [5.74, 6) is 0. The summed E-state index contributed by atoms with van der Waals surface area (Å²) in [5, 5.41) is 13.5. The lowest BCUT2D eigenvalue weighted by molar-refractivity contribution is 0.0144. The molecule has 2 fully saturated rings. The Labute approximate surface area is 68.0 Å². The van der Waals surface area contributed by atoms with Gasteiger partial charge in [-0.3, -0.25) is 0 Å². The van der Waals surface area contributed by atoms with E-state index in [1.54, 1.807) is 0 Å². The van der Waals surface area contributed by atoms with Crippen LogP contribution in [0, 0.1) is 0 Å². The molecule has 0 amide bonds. The van der Waals surface area contributed by atoms with E-state index in [0.29, 0.717) is 6.04 Å². The molecular formula is C9H17NO. The molecule has 64 valence electrons. The monoisotopic (exact) mass is 155 g/mol. The molecule has 0 aromatic heterocycles. The normalized spacial score (nSPS) is 36.3. The molecule has 0 aromatic rings. The Hall–Kier alpha value is -0.0800. The Morgan fingerprint density at radius 3 is 2.45 bits per heavy atom. The minimum absolute atomic E-state index is 0.337. The van der Waals surface area contributed by atoms with Gasteiger partial charge in [0.25, 0.3) is 0 Å². The number of aliphatic hydroxyl groups is 1. The van der Waals surface area contributed by atoms with Crippen molar-refractivity contribution in [1.82, 2.24) is 5.32 Å². The average molecular weight is 155 g/mol. The second kappa shape index (κ2) is 2.76. The van der Waals surface area contributed by atoms with E-state index in [2.05, 4.69) is 5.32 Å². The van der Waals surface area contributed by atoms with Crippen LogP contribution < -0.4 is 5.32 Å². The highest BCUT2D eigenvalue weighted by molar-refractivity contribution is 4.97. The zero-order chi connectivity index (χ0) is 7.73. The van der Waals surface area contributed by atoms with Crippen molar-refractivity contribution in [2.45, 2.75) is 50.2 Å². The predicted molar refractivity (Wildman–Crippen MR) is 44.4 cm³/mol. The zero-order valence-electron chi connectivity index (χ0n) is 6.97. The maximum absolute atomic E-state index is 10.1. The van der Waals surface area contributed by atoms with Crippen LogP contribution in [0.5, 0.6) is 0 Å². The summed E-state index contributed by atoms with van der Waals surface area (Å²) in [6.45, 7) is 1.10. The first-order chi connectivity index (χ1) is 5.31. The van der Waals surface area contributed by atoms with E-state index in [0.717, 1.165) is 19.4 Å². The quantitative estimate of drug-likeness (QED) is 0.593. The van der Waals surface area contributed by atoms with Crippen molar-refractivity contribution in [2.24, 2.45) is 0 Å². The Bertz CT molecular complexity index is 134. The Morgan fingerprint density at radius 2 is 1.91 bits per heavy atom. The molecule has 0 bridgehead atoms. The predicted octanol–water partition coefficient (Wildman–Crippen LogP) is 1.04. The van der Waals surface area contributed by atoms with E-state index in [1.807, 2.05) is 0 Å². The van der Waals surface area contributed by atoms with Crippen LogP contribution in [-0.2, 0) is 0 Å². The largest absolute Gasteiger partial charge is 0.388 e. The zero-order valence-corrected chi connectivity index (χ0v) is 6.97. The number of rotatable bonds is 1. The molecule has 2 nitrogen and oxygen atoms in total. The van der Waals surface area contributed by atoms with Crippen LogP contribution in [0.1, 0.15) is 38.5 Å². The van der Waals surface area contributed by atoms with Crippen LogP contribution in [0.3, 0.4) is 0 Å². The van der Waals surface area contributed by atoms with Crippen LogP contribution in [0.25, 0.3) is 0 Å². The number of hydrogen-bond acceptors (Lipinski definition) is 2. The minimum Gasteiger partial charge on any atom is -0.388 e. The van der Waals surface area contributed by atoms with Gasteiger partial charge < -0.3 is 10.4 Å². The Kier molecular flexibility index (Phi) is 1.90. The van der Waals surface area contributed by atoms with Gasteiger partial charge in [-0.05, 0) is 32.2 Å². The molecule has 0 aromatic carbocycles. The van der Waals surface area contributed by atoms with E-state index in [9.17, 15) is 5.11 Å². The van der Waals surface area contributed by atoms with Gasteiger partial charge in [0.2, 0.25) is 0 Å². The van der Waals surface area contributed by atoms with Crippen molar-refractivity contribution in [3.63, 3.8) is 0 Å². The highest BCUT2D eigenvalue weighted by Crippen LogP contribution is 2.35. The molecule has 2 aliphatic rings. The lowest BCUT2D eigenvalue weighted by Gasteiger charge is -2.29. The molecule has 11 heavy (non-hydrogen) atoms. The molecule has 2 rings (SSSR count). The first kappa shape index (κ1) is 7.56. The SMILES string of the molecule is OC1([C@@H]2CCCN2)CCCC1. The second-order valence-corrected chi connectivity index (χ2v) is 3.96. The third-order valence-corrected chi connectivity index (χ3v) is 3.18. The third-order valence-electron chi connectivity index (χ3n) is 3.18. The summed E-state index contributed by atoms with van der Waals surface area (Å²) in [6.07, 6.45) is 6.89. The topological polar surface area (TPSA) is 32.3 Å². The van der Waals surface area contributed by atoms with Crippen LogP contribution in [-0.4, -0.2) is 23.3 Å². The van der Waals surface area contributed by atoms with Crippen LogP contribution >= 0.6 is 0 Å². The summed E-state index contributed by atoms with van der Waals surface area (Å²) in [5.41, 5.74) is -0.337. The first-order valence-electron chi connectivity index (χ1n) is 4.77. The van der Waals surface area contributed by atoms with Gasteiger partial charge in [0.05, 0.1) is 5.60 Å². The highest BCUT2D eigenvalue weighted by Gasteiger charge is 2.40. The molecule has 1 saturated carbocycles. The van der Waals surface area contributed by atoms with Crippen LogP contribution in [0.2, 0.25) is 0 Å². The number of nitrogens with one attached hydrogen (secondary N) is 1. The molecular weight excluding hydrogens is 138 g/mol. The highest BCUT2D eigenvalue weighted by atomic mass is 16.3. The van der Waals surface area contributed by atoms with E-state index < -0.39 is 0 Å². The van der Waals surface area contributed by atoms with Crippen molar-refractivity contribution >= 4 is 0 Å². The van der Waals surface area contributed by atoms with E-state index in [-0.39, 0.29) is 5.60 Å². The second-order valence-electron chi connectivity index (χ2n) is 3.96. The molecule has 1 aliphatic heterocycles. The smallest absolute Gasteiger partial charge is 0.0800 e. The van der Waals surface area contributed by atoms with Crippen molar-refractivity contribution in [3.05, 3.63) is 0 Å². The van der Waals surface area contributed by atoms with Crippen molar-refractivity contribution in [3.8, 4) is 0 Å². The minimum atomic E-state index is -0.337. The number of hydrogen-bond donors (Lipinski definition) is 2. The Morgan fingerprint density at radius 1 is 1.18 bits per heavy atom. The van der Waals surface area contributed by atoms with Crippen molar-refractivity contribution in [2.75, 3.05) is 6.54 Å². The molecule has 2 heteroatoms. The summed E-state index contributed by atoms with van der Waals surface area (Å²) in [4.78, 5) is 0. The van der Waals surface area contributed by atoms with Crippen molar-refractivity contribution < 1.29 is 5.11 Å². The maximum Gasteiger partial charge on any atom is 0.0800 e. The molecule has 1 heterocycles. The maximum atomic E-state index is 10.1. The average Bonchev–Trinajstić information content (AvgIpc) is 2.55. The molecule has 0 unspecified atom stereocenters.